The number of Topliss-reactive ketones (excluding diaryl/α,β-unsaturated/α-hetero) is 1. The Labute approximate surface area is 155 Å². The molecule has 1 aliphatic heterocycles. The first-order valence-corrected chi connectivity index (χ1v) is 8.29. The summed E-state index contributed by atoms with van der Waals surface area (Å²) in [6.45, 7) is 1.49. The second-order valence-electron chi connectivity index (χ2n) is 6.13. The minimum absolute atomic E-state index is 0.119. The number of hydrogen-bond acceptors (Lipinski definition) is 7. The standard InChI is InChI=1S/C19H21FO7/c1-10-6-7-13(20)17(23)18(24)14(21)5-3-4-11-8-12(26-2)9-15(22)16(11)19(25)27-10/h3-4,7-10,14,18,21-22,24H,5-6H2,1-2H3/b4-3+,13-7+/t10?,14-,18-/m0/s1. The molecule has 27 heavy (non-hydrogen) atoms. The van der Waals surface area contributed by atoms with E-state index in [4.69, 9.17) is 9.47 Å². The molecule has 3 atom stereocenters. The van der Waals surface area contributed by atoms with Crippen molar-refractivity contribution in [2.75, 3.05) is 7.11 Å². The van der Waals surface area contributed by atoms with E-state index in [2.05, 4.69) is 0 Å². The van der Waals surface area contributed by atoms with Gasteiger partial charge in [0.1, 0.15) is 29.3 Å². The molecule has 1 aliphatic rings. The van der Waals surface area contributed by atoms with E-state index in [-0.39, 0.29) is 29.7 Å². The van der Waals surface area contributed by atoms with E-state index in [1.807, 2.05) is 0 Å². The van der Waals surface area contributed by atoms with Gasteiger partial charge in [0.25, 0.3) is 0 Å². The van der Waals surface area contributed by atoms with Crippen LogP contribution in [-0.2, 0) is 9.53 Å². The lowest BCUT2D eigenvalue weighted by molar-refractivity contribution is -0.130. The SMILES string of the molecule is COc1cc(O)c2c(c1)/C=C/C[C@H](O)[C@H](O)C(=O)/C(F)=C\CC(C)OC2=O. The Morgan fingerprint density at radius 2 is 1.93 bits per heavy atom. The first-order valence-electron chi connectivity index (χ1n) is 8.29. The highest BCUT2D eigenvalue weighted by atomic mass is 19.1. The van der Waals surface area contributed by atoms with Crippen LogP contribution in [0.15, 0.2) is 30.1 Å². The first kappa shape index (κ1) is 20.6. The van der Waals surface area contributed by atoms with Gasteiger partial charge in [-0.05, 0) is 31.1 Å². The molecule has 1 heterocycles. The van der Waals surface area contributed by atoms with Crippen LogP contribution in [0.5, 0.6) is 11.5 Å². The number of aliphatic hydroxyl groups is 2. The minimum atomic E-state index is -1.93. The van der Waals surface area contributed by atoms with Gasteiger partial charge in [0.2, 0.25) is 5.78 Å². The number of methoxy groups -OCH3 is 1. The number of fused-ring (bicyclic) bond motifs is 1. The molecule has 0 aromatic heterocycles. The molecular formula is C19H21FO7. The number of carbonyl (C=O) groups excluding carboxylic acids is 2. The van der Waals surface area contributed by atoms with E-state index in [0.717, 1.165) is 6.08 Å². The number of phenolic OH excluding ortho intramolecular Hbond substituents is 1. The Hall–Kier alpha value is -2.71. The van der Waals surface area contributed by atoms with E-state index in [9.17, 15) is 29.3 Å². The Bertz CT molecular complexity index is 785. The van der Waals surface area contributed by atoms with Crippen molar-refractivity contribution in [2.45, 2.75) is 38.1 Å². The summed E-state index contributed by atoms with van der Waals surface area (Å²) in [5.41, 5.74) is 0.141. The highest BCUT2D eigenvalue weighted by molar-refractivity contribution is 5.98. The summed E-state index contributed by atoms with van der Waals surface area (Å²) >= 11 is 0. The van der Waals surface area contributed by atoms with Crippen LogP contribution in [0.1, 0.15) is 35.7 Å². The predicted molar refractivity (Wildman–Crippen MR) is 94.0 cm³/mol. The number of carbonyl (C=O) groups is 2. The zero-order chi connectivity index (χ0) is 20.1. The van der Waals surface area contributed by atoms with Gasteiger partial charge in [0.15, 0.2) is 5.83 Å². The van der Waals surface area contributed by atoms with E-state index < -0.39 is 35.9 Å². The van der Waals surface area contributed by atoms with Gasteiger partial charge in [-0.1, -0.05) is 12.2 Å². The lowest BCUT2D eigenvalue weighted by Crippen LogP contribution is -2.34. The Balaban J connectivity index is 2.48. The fourth-order valence-corrected chi connectivity index (χ4v) is 2.53. The number of phenols is 1. The van der Waals surface area contributed by atoms with E-state index in [1.54, 1.807) is 0 Å². The van der Waals surface area contributed by atoms with Gasteiger partial charge in [-0.25, -0.2) is 9.18 Å². The van der Waals surface area contributed by atoms with Crippen LogP contribution < -0.4 is 4.74 Å². The van der Waals surface area contributed by atoms with E-state index in [1.165, 1.54) is 38.3 Å². The number of esters is 1. The topological polar surface area (TPSA) is 113 Å². The van der Waals surface area contributed by atoms with Gasteiger partial charge in [-0.2, -0.15) is 0 Å². The summed E-state index contributed by atoms with van der Waals surface area (Å²) in [5.74, 6) is -3.38. The molecule has 1 aromatic rings. The second kappa shape index (κ2) is 8.79. The average Bonchev–Trinajstić information content (AvgIpc) is 2.63. The minimum Gasteiger partial charge on any atom is -0.507 e. The summed E-state index contributed by atoms with van der Waals surface area (Å²) in [7, 11) is 1.39. The van der Waals surface area contributed by atoms with Crippen LogP contribution >= 0.6 is 0 Å². The number of ketones is 1. The number of ether oxygens (including phenoxy) is 2. The van der Waals surface area contributed by atoms with Crippen LogP contribution in [0.25, 0.3) is 6.08 Å². The second-order valence-corrected chi connectivity index (χ2v) is 6.13. The molecule has 1 unspecified atom stereocenters. The van der Waals surface area contributed by atoms with Crippen molar-refractivity contribution in [2.24, 2.45) is 0 Å². The van der Waals surface area contributed by atoms with Crippen molar-refractivity contribution in [1.29, 1.82) is 0 Å². The first-order chi connectivity index (χ1) is 12.7. The van der Waals surface area contributed by atoms with Gasteiger partial charge in [0, 0.05) is 12.5 Å². The number of halogens is 1. The monoisotopic (exact) mass is 380 g/mol. The summed E-state index contributed by atoms with van der Waals surface area (Å²) in [6, 6.07) is 2.73. The molecule has 8 heteroatoms. The Morgan fingerprint density at radius 3 is 2.59 bits per heavy atom. The number of benzene rings is 1. The molecule has 146 valence electrons. The van der Waals surface area contributed by atoms with E-state index in [0.29, 0.717) is 5.75 Å². The van der Waals surface area contributed by atoms with Crippen LogP contribution in [0.2, 0.25) is 0 Å². The summed E-state index contributed by atoms with van der Waals surface area (Å²) in [4.78, 5) is 24.2. The summed E-state index contributed by atoms with van der Waals surface area (Å²) in [5, 5.41) is 29.9. The predicted octanol–water partition coefficient (Wildman–Crippen LogP) is 1.90. The molecule has 7 nitrogen and oxygen atoms in total. The highest BCUT2D eigenvalue weighted by Crippen LogP contribution is 2.30. The maximum absolute atomic E-state index is 13.9. The average molecular weight is 380 g/mol. The molecule has 3 N–H and O–H groups in total. The van der Waals surface area contributed by atoms with Gasteiger partial charge >= 0.3 is 5.97 Å². The van der Waals surface area contributed by atoms with Crippen molar-refractivity contribution in [3.05, 3.63) is 41.2 Å². The molecule has 0 radical (unpaired) electrons. The molecule has 1 aromatic carbocycles. The number of hydrogen-bond donors (Lipinski definition) is 3. The molecule has 0 spiro atoms. The molecule has 2 rings (SSSR count). The van der Waals surface area contributed by atoms with Crippen molar-refractivity contribution in [1.82, 2.24) is 0 Å². The molecule has 0 amide bonds. The van der Waals surface area contributed by atoms with Gasteiger partial charge in [0.05, 0.1) is 13.2 Å². The van der Waals surface area contributed by atoms with Crippen LogP contribution in [0.4, 0.5) is 4.39 Å². The van der Waals surface area contributed by atoms with Gasteiger partial charge in [-0.3, -0.25) is 4.79 Å². The van der Waals surface area contributed by atoms with Crippen molar-refractivity contribution < 1.29 is 38.8 Å². The third kappa shape index (κ3) is 4.93. The lowest BCUT2D eigenvalue weighted by Gasteiger charge is -2.17. The third-order valence-electron chi connectivity index (χ3n) is 4.04. The molecular weight excluding hydrogens is 359 g/mol. The number of cyclic esters (lactones) is 1. The molecule has 0 bridgehead atoms. The zero-order valence-corrected chi connectivity index (χ0v) is 14.9. The summed E-state index contributed by atoms with van der Waals surface area (Å²) in [6.07, 6.45) is -0.929. The maximum atomic E-state index is 13.9. The summed E-state index contributed by atoms with van der Waals surface area (Å²) < 4.78 is 24.1. The van der Waals surface area contributed by atoms with E-state index >= 15 is 0 Å². The third-order valence-corrected chi connectivity index (χ3v) is 4.04. The molecule has 0 fully saturated rings. The molecule has 0 saturated carbocycles. The van der Waals surface area contributed by atoms with Crippen LogP contribution in [-0.4, -0.2) is 52.5 Å². The quantitative estimate of drug-likeness (QED) is 0.638. The maximum Gasteiger partial charge on any atom is 0.342 e. The number of aliphatic hydroxyl groups excluding tert-OH is 2. The normalized spacial score (nSPS) is 27.6. The van der Waals surface area contributed by atoms with Crippen molar-refractivity contribution in [3.63, 3.8) is 0 Å². The molecule has 0 aliphatic carbocycles. The highest BCUT2D eigenvalue weighted by Gasteiger charge is 2.27. The number of aromatic hydroxyl groups is 1. The molecule has 0 saturated heterocycles. The van der Waals surface area contributed by atoms with Crippen molar-refractivity contribution in [3.8, 4) is 11.5 Å². The Kier molecular flexibility index (Phi) is 6.70. The van der Waals surface area contributed by atoms with Crippen molar-refractivity contribution >= 4 is 17.8 Å². The fourth-order valence-electron chi connectivity index (χ4n) is 2.53. The largest absolute Gasteiger partial charge is 0.507 e. The lowest BCUT2D eigenvalue weighted by atomic mass is 10.0. The number of rotatable bonds is 1. The fraction of sp³-hybridized carbons (Fsp3) is 0.368. The van der Waals surface area contributed by atoms with Crippen LogP contribution in [0.3, 0.4) is 0 Å². The van der Waals surface area contributed by atoms with Crippen LogP contribution in [0, 0.1) is 0 Å². The van der Waals surface area contributed by atoms with Gasteiger partial charge in [-0.15, -0.1) is 0 Å². The Morgan fingerprint density at radius 1 is 1.22 bits per heavy atom. The van der Waals surface area contributed by atoms with Gasteiger partial charge < -0.3 is 24.8 Å². The zero-order valence-electron chi connectivity index (χ0n) is 14.9. The smallest absolute Gasteiger partial charge is 0.342 e.